The third-order valence-electron chi connectivity index (χ3n) is 5.94. The number of aromatic nitrogens is 3. The summed E-state index contributed by atoms with van der Waals surface area (Å²) in [5.74, 6) is 0.482. The Morgan fingerprint density at radius 1 is 1.12 bits per heavy atom. The van der Waals surface area contributed by atoms with Gasteiger partial charge in [0.25, 0.3) is 5.91 Å². The van der Waals surface area contributed by atoms with Gasteiger partial charge in [-0.1, -0.05) is 12.1 Å². The van der Waals surface area contributed by atoms with Crippen LogP contribution in [0.2, 0.25) is 0 Å². The molecule has 0 radical (unpaired) electrons. The molecule has 0 saturated carbocycles. The van der Waals surface area contributed by atoms with Gasteiger partial charge in [-0.2, -0.15) is 5.10 Å². The van der Waals surface area contributed by atoms with Gasteiger partial charge in [-0.15, -0.1) is 0 Å². The Balaban J connectivity index is 1.13. The van der Waals surface area contributed by atoms with E-state index in [1.54, 1.807) is 24.5 Å². The number of ether oxygens (including phenoxy) is 1. The number of pyridine rings is 1. The van der Waals surface area contributed by atoms with Crippen LogP contribution in [0.4, 0.5) is 11.4 Å². The summed E-state index contributed by atoms with van der Waals surface area (Å²) in [5.41, 5.74) is 4.00. The third kappa shape index (κ3) is 5.71. The van der Waals surface area contributed by atoms with E-state index in [1.807, 2.05) is 24.4 Å². The molecule has 5 rings (SSSR count). The van der Waals surface area contributed by atoms with E-state index in [0.717, 1.165) is 49.1 Å². The van der Waals surface area contributed by atoms with Crippen LogP contribution in [0.1, 0.15) is 18.4 Å². The van der Waals surface area contributed by atoms with E-state index < -0.39 is 0 Å². The van der Waals surface area contributed by atoms with Gasteiger partial charge in [0.15, 0.2) is 6.61 Å². The van der Waals surface area contributed by atoms with E-state index in [4.69, 9.17) is 4.74 Å². The fourth-order valence-electron chi connectivity index (χ4n) is 4.36. The molecule has 2 aromatic carbocycles. The highest BCUT2D eigenvalue weighted by molar-refractivity contribution is 5.91. The van der Waals surface area contributed by atoms with Crippen molar-refractivity contribution in [1.29, 1.82) is 0 Å². The Labute approximate surface area is 198 Å². The van der Waals surface area contributed by atoms with Crippen molar-refractivity contribution in [2.24, 2.45) is 0 Å². The molecule has 1 saturated heterocycles. The number of likely N-dealkylation sites (tertiary alicyclic amines) is 1. The first-order valence-corrected chi connectivity index (χ1v) is 11.5. The summed E-state index contributed by atoms with van der Waals surface area (Å²) in [5, 5.41) is 14.7. The number of carbonyl (C=O) groups is 1. The van der Waals surface area contributed by atoms with Gasteiger partial charge in [-0.25, -0.2) is 0 Å². The highest BCUT2D eigenvalue weighted by atomic mass is 16.5. The molecule has 3 N–H and O–H groups in total. The second kappa shape index (κ2) is 10.4. The summed E-state index contributed by atoms with van der Waals surface area (Å²) in [6.45, 7) is 2.84. The van der Waals surface area contributed by atoms with Gasteiger partial charge in [0.1, 0.15) is 5.75 Å². The van der Waals surface area contributed by atoms with Crippen LogP contribution in [-0.2, 0) is 11.3 Å². The molecule has 8 heteroatoms. The second-order valence-electron chi connectivity index (χ2n) is 8.62. The van der Waals surface area contributed by atoms with Crippen molar-refractivity contribution in [3.05, 3.63) is 78.8 Å². The van der Waals surface area contributed by atoms with Gasteiger partial charge in [0.2, 0.25) is 0 Å². The van der Waals surface area contributed by atoms with Gasteiger partial charge >= 0.3 is 0 Å². The van der Waals surface area contributed by atoms with Gasteiger partial charge < -0.3 is 15.4 Å². The van der Waals surface area contributed by atoms with Crippen LogP contribution in [0.25, 0.3) is 10.9 Å². The van der Waals surface area contributed by atoms with Crippen molar-refractivity contribution in [2.75, 3.05) is 30.3 Å². The number of hydrogen-bond donors (Lipinski definition) is 3. The zero-order valence-corrected chi connectivity index (χ0v) is 18.9. The first-order chi connectivity index (χ1) is 16.7. The van der Waals surface area contributed by atoms with Crippen molar-refractivity contribution in [3.8, 4) is 5.75 Å². The minimum Gasteiger partial charge on any atom is -0.484 e. The number of H-pyrrole nitrogens is 1. The molecule has 1 amide bonds. The maximum Gasteiger partial charge on any atom is 0.262 e. The van der Waals surface area contributed by atoms with E-state index in [9.17, 15) is 4.79 Å². The highest BCUT2D eigenvalue weighted by Crippen LogP contribution is 2.22. The lowest BCUT2D eigenvalue weighted by Crippen LogP contribution is -2.41. The lowest BCUT2D eigenvalue weighted by molar-refractivity contribution is -0.118. The van der Waals surface area contributed by atoms with Gasteiger partial charge in [0.05, 0.1) is 23.6 Å². The molecule has 174 valence electrons. The molecular formula is C26H28N6O2. The zero-order chi connectivity index (χ0) is 23.2. The van der Waals surface area contributed by atoms with Crippen molar-refractivity contribution in [3.63, 3.8) is 0 Å². The van der Waals surface area contributed by atoms with E-state index in [2.05, 4.69) is 55.0 Å². The molecule has 1 atom stereocenters. The number of nitrogens with zero attached hydrogens (tertiary/aromatic N) is 3. The van der Waals surface area contributed by atoms with E-state index >= 15 is 0 Å². The standard InChI is InChI=1S/C26H28N6O2/c33-26(30-22-5-2-10-27-15-22)18-34-24-7-1-4-19(12-24)16-32-11-3-6-23(17-32)29-21-8-9-25-20(13-21)14-28-31-25/h1-2,4-5,7-10,12-15,23,29H,3,6,11,16-18H2,(H,28,31)(H,30,33)/t23-/m0/s1. The Morgan fingerprint density at radius 2 is 2.09 bits per heavy atom. The minimum absolute atomic E-state index is 0.0466. The molecule has 0 spiro atoms. The summed E-state index contributed by atoms with van der Waals surface area (Å²) in [6, 6.07) is 18.3. The number of piperidine rings is 1. The molecule has 0 unspecified atom stereocenters. The first-order valence-electron chi connectivity index (χ1n) is 11.5. The lowest BCUT2D eigenvalue weighted by Gasteiger charge is -2.33. The molecule has 1 aliphatic heterocycles. The molecule has 1 aliphatic rings. The number of benzene rings is 2. The minimum atomic E-state index is -0.211. The SMILES string of the molecule is O=C(COc1cccc(CN2CCC[C@H](Nc3ccc4[nH]ncc4c3)C2)c1)Nc1cccnc1. The first kappa shape index (κ1) is 21.9. The average molecular weight is 457 g/mol. The summed E-state index contributed by atoms with van der Waals surface area (Å²) in [4.78, 5) is 18.6. The quantitative estimate of drug-likeness (QED) is 0.370. The summed E-state index contributed by atoms with van der Waals surface area (Å²) in [7, 11) is 0. The molecule has 0 aliphatic carbocycles. The molecule has 8 nitrogen and oxygen atoms in total. The van der Waals surface area contributed by atoms with Crippen molar-refractivity contribution in [2.45, 2.75) is 25.4 Å². The monoisotopic (exact) mass is 456 g/mol. The van der Waals surface area contributed by atoms with Crippen LogP contribution in [-0.4, -0.2) is 51.7 Å². The number of aromatic amines is 1. The Bertz CT molecular complexity index is 1240. The largest absolute Gasteiger partial charge is 0.484 e. The maximum atomic E-state index is 12.1. The third-order valence-corrected chi connectivity index (χ3v) is 5.94. The molecular weight excluding hydrogens is 428 g/mol. The van der Waals surface area contributed by atoms with E-state index in [1.165, 1.54) is 5.56 Å². The summed E-state index contributed by atoms with van der Waals surface area (Å²) >= 11 is 0. The lowest BCUT2D eigenvalue weighted by atomic mass is 10.0. The van der Waals surface area contributed by atoms with Crippen LogP contribution in [0.15, 0.2) is 73.2 Å². The molecule has 34 heavy (non-hydrogen) atoms. The maximum absolute atomic E-state index is 12.1. The van der Waals surface area contributed by atoms with Gasteiger partial charge in [-0.05, 0) is 67.4 Å². The highest BCUT2D eigenvalue weighted by Gasteiger charge is 2.20. The second-order valence-corrected chi connectivity index (χ2v) is 8.62. The van der Waals surface area contributed by atoms with E-state index in [-0.39, 0.29) is 12.5 Å². The molecule has 2 aromatic heterocycles. The van der Waals surface area contributed by atoms with Crippen molar-refractivity contribution in [1.82, 2.24) is 20.1 Å². The van der Waals surface area contributed by atoms with Crippen LogP contribution in [0.3, 0.4) is 0 Å². The fourth-order valence-corrected chi connectivity index (χ4v) is 4.36. The molecule has 4 aromatic rings. The molecule has 0 bridgehead atoms. The summed E-state index contributed by atoms with van der Waals surface area (Å²) < 4.78 is 5.73. The molecule has 1 fully saturated rings. The summed E-state index contributed by atoms with van der Waals surface area (Å²) in [6.07, 6.45) is 7.42. The van der Waals surface area contributed by atoms with Crippen LogP contribution in [0, 0.1) is 0 Å². The smallest absolute Gasteiger partial charge is 0.262 e. The Hall–Kier alpha value is -3.91. The number of hydrogen-bond acceptors (Lipinski definition) is 6. The molecule has 3 heterocycles. The van der Waals surface area contributed by atoms with Crippen LogP contribution < -0.4 is 15.4 Å². The van der Waals surface area contributed by atoms with E-state index in [0.29, 0.717) is 17.5 Å². The fraction of sp³-hybridized carbons (Fsp3) is 0.269. The Morgan fingerprint density at radius 3 is 3.00 bits per heavy atom. The van der Waals surface area contributed by atoms with Gasteiger partial charge in [0, 0.05) is 36.4 Å². The number of nitrogens with one attached hydrogen (secondary N) is 3. The van der Waals surface area contributed by atoms with Crippen molar-refractivity contribution >= 4 is 28.2 Å². The number of amides is 1. The van der Waals surface area contributed by atoms with Crippen molar-refractivity contribution < 1.29 is 9.53 Å². The van der Waals surface area contributed by atoms with Crippen LogP contribution in [0.5, 0.6) is 5.75 Å². The average Bonchev–Trinajstić information content (AvgIpc) is 3.32. The predicted octanol–water partition coefficient (Wildman–Crippen LogP) is 4.05. The number of fused-ring (bicyclic) bond motifs is 1. The predicted molar refractivity (Wildman–Crippen MR) is 133 cm³/mol. The number of anilines is 2. The zero-order valence-electron chi connectivity index (χ0n) is 18.9. The normalized spacial score (nSPS) is 16.3. The topological polar surface area (TPSA) is 95.2 Å². The van der Waals surface area contributed by atoms with Crippen LogP contribution >= 0.6 is 0 Å². The van der Waals surface area contributed by atoms with Gasteiger partial charge in [-0.3, -0.25) is 19.8 Å². The number of carbonyl (C=O) groups excluding carboxylic acids is 1. The number of rotatable bonds is 8. The Kier molecular flexibility index (Phi) is 6.67.